The first-order valence-corrected chi connectivity index (χ1v) is 8.95. The van der Waals surface area contributed by atoms with Crippen LogP contribution in [0.2, 0.25) is 0 Å². The summed E-state index contributed by atoms with van der Waals surface area (Å²) < 4.78 is 10.8. The first-order valence-electron chi connectivity index (χ1n) is 8.95. The number of carboxylic acids is 1. The third-order valence-corrected chi connectivity index (χ3v) is 2.68. The molecule has 26 heavy (non-hydrogen) atoms. The zero-order chi connectivity index (χ0) is 20.6. The molecule has 0 aromatic heterocycles. The van der Waals surface area contributed by atoms with Crippen LogP contribution in [0.15, 0.2) is 36.0 Å². The van der Waals surface area contributed by atoms with Crippen LogP contribution in [0.3, 0.4) is 0 Å². The molecule has 0 aliphatic heterocycles. The number of hydrogen-bond acceptors (Lipinski definition) is 4. The monoisotopic (exact) mass is 369 g/mol. The van der Waals surface area contributed by atoms with Gasteiger partial charge in [0.25, 0.3) is 0 Å². The number of nitrogens with one attached hydrogen (secondary N) is 1. The zero-order valence-corrected chi connectivity index (χ0v) is 17.2. The number of rotatable bonds is 9. The van der Waals surface area contributed by atoms with Gasteiger partial charge in [-0.05, 0) is 40.2 Å². The van der Waals surface area contributed by atoms with E-state index in [0.717, 1.165) is 5.57 Å². The van der Waals surface area contributed by atoms with Crippen LogP contribution in [0.4, 0.5) is 4.79 Å². The Morgan fingerprint density at radius 2 is 1.77 bits per heavy atom. The maximum absolute atomic E-state index is 11.8. The topological polar surface area (TPSA) is 84.9 Å². The molecule has 0 saturated carbocycles. The number of carbonyl (C=O) groups excluding carboxylic acids is 1. The van der Waals surface area contributed by atoms with Gasteiger partial charge in [0.1, 0.15) is 5.60 Å². The molecule has 0 bridgehead atoms. The second-order valence-corrected chi connectivity index (χ2v) is 6.08. The third kappa shape index (κ3) is 15.4. The van der Waals surface area contributed by atoms with E-state index in [1.165, 1.54) is 0 Å². The summed E-state index contributed by atoms with van der Waals surface area (Å²) in [5.74, 6) is -0.932. The maximum atomic E-state index is 11.8. The number of carbonyl (C=O) groups is 2. The van der Waals surface area contributed by atoms with Gasteiger partial charge in [0.2, 0.25) is 0 Å². The summed E-state index contributed by atoms with van der Waals surface area (Å²) in [6.07, 6.45) is 8.20. The molecule has 0 rings (SSSR count). The van der Waals surface area contributed by atoms with Crippen LogP contribution in [0, 0.1) is 0 Å². The fourth-order valence-corrected chi connectivity index (χ4v) is 1.72. The molecule has 0 radical (unpaired) electrons. The van der Waals surface area contributed by atoms with Crippen molar-refractivity contribution in [3.8, 4) is 0 Å². The normalized spacial score (nSPS) is 13.3. The first-order chi connectivity index (χ1) is 12.2. The van der Waals surface area contributed by atoms with Crippen molar-refractivity contribution < 1.29 is 24.2 Å². The van der Waals surface area contributed by atoms with E-state index in [4.69, 9.17) is 14.6 Å². The van der Waals surface area contributed by atoms with Crippen molar-refractivity contribution in [1.82, 2.24) is 5.32 Å². The highest BCUT2D eigenvalue weighted by Gasteiger charge is 2.19. The van der Waals surface area contributed by atoms with Crippen LogP contribution in [0.25, 0.3) is 0 Å². The molecule has 0 aromatic rings. The van der Waals surface area contributed by atoms with Crippen molar-refractivity contribution in [3.05, 3.63) is 36.0 Å². The maximum Gasteiger partial charge on any atom is 0.407 e. The average Bonchev–Trinajstić information content (AvgIpc) is 2.55. The summed E-state index contributed by atoms with van der Waals surface area (Å²) in [4.78, 5) is 22.5. The fourth-order valence-electron chi connectivity index (χ4n) is 1.72. The minimum Gasteiger partial charge on any atom is -0.481 e. The highest BCUT2D eigenvalue weighted by molar-refractivity contribution is 5.68. The van der Waals surface area contributed by atoms with Gasteiger partial charge in [-0.25, -0.2) is 4.79 Å². The molecule has 0 spiro atoms. The second-order valence-electron chi connectivity index (χ2n) is 6.08. The Morgan fingerprint density at radius 1 is 1.15 bits per heavy atom. The Balaban J connectivity index is 0. The van der Waals surface area contributed by atoms with Gasteiger partial charge in [-0.15, -0.1) is 0 Å². The van der Waals surface area contributed by atoms with E-state index in [2.05, 4.69) is 5.32 Å². The van der Waals surface area contributed by atoms with Crippen molar-refractivity contribution in [3.63, 3.8) is 0 Å². The number of amides is 1. The van der Waals surface area contributed by atoms with E-state index < -0.39 is 23.8 Å². The summed E-state index contributed by atoms with van der Waals surface area (Å²) in [7, 11) is 0. The van der Waals surface area contributed by atoms with Crippen LogP contribution in [0.5, 0.6) is 0 Å². The Hall–Kier alpha value is -2.08. The van der Waals surface area contributed by atoms with E-state index in [0.29, 0.717) is 0 Å². The van der Waals surface area contributed by atoms with Gasteiger partial charge in [0.15, 0.2) is 0 Å². The summed E-state index contributed by atoms with van der Waals surface area (Å²) in [5, 5.41) is 11.4. The van der Waals surface area contributed by atoms with Gasteiger partial charge < -0.3 is 19.9 Å². The quantitative estimate of drug-likeness (QED) is 0.586. The summed E-state index contributed by atoms with van der Waals surface area (Å²) >= 11 is 0. The van der Waals surface area contributed by atoms with E-state index in [9.17, 15) is 9.59 Å². The standard InChI is InChI=1S/C18H29NO5.C2H6/c1-6-8-10-14(9-7-2)15(23-12-11-16(20)21)13-19-17(22)24-18(3,4)5;1-2/h6-10,15H,11-13H2,1-5H3,(H,19,22)(H,20,21);1-2H3/b8-6-,9-7-,14-10+;/t15-;/m1./s1. The predicted molar refractivity (Wildman–Crippen MR) is 105 cm³/mol. The fraction of sp³-hybridized carbons (Fsp3) is 0.600. The lowest BCUT2D eigenvalue weighted by molar-refractivity contribution is -0.138. The number of hydrogen-bond donors (Lipinski definition) is 2. The second kappa shape index (κ2) is 15.2. The molecule has 0 fully saturated rings. The number of alkyl carbamates (subject to hydrolysis) is 1. The molecule has 0 aliphatic rings. The van der Waals surface area contributed by atoms with Crippen LogP contribution >= 0.6 is 0 Å². The third-order valence-electron chi connectivity index (χ3n) is 2.68. The van der Waals surface area contributed by atoms with Crippen LogP contribution in [0.1, 0.15) is 54.9 Å². The van der Waals surface area contributed by atoms with Gasteiger partial charge in [-0.3, -0.25) is 4.79 Å². The van der Waals surface area contributed by atoms with Crippen LogP contribution < -0.4 is 5.32 Å². The molecule has 0 heterocycles. The summed E-state index contributed by atoms with van der Waals surface area (Å²) in [5.41, 5.74) is 0.244. The largest absolute Gasteiger partial charge is 0.481 e. The summed E-state index contributed by atoms with van der Waals surface area (Å²) in [6.45, 7) is 13.4. The first kappa shape index (κ1) is 26.2. The number of ether oxygens (including phenoxy) is 2. The lowest BCUT2D eigenvalue weighted by atomic mass is 10.1. The Kier molecular flexibility index (Phi) is 15.3. The molecular weight excluding hydrogens is 334 g/mol. The smallest absolute Gasteiger partial charge is 0.407 e. The lowest BCUT2D eigenvalue weighted by Gasteiger charge is -2.23. The molecule has 2 N–H and O–H groups in total. The van der Waals surface area contributed by atoms with Gasteiger partial charge in [0.05, 0.1) is 25.7 Å². The molecule has 0 aliphatic carbocycles. The minimum atomic E-state index is -0.932. The Labute approximate surface area is 158 Å². The van der Waals surface area contributed by atoms with Crippen molar-refractivity contribution in [2.45, 2.75) is 66.6 Å². The van der Waals surface area contributed by atoms with E-state index in [-0.39, 0.29) is 19.6 Å². The highest BCUT2D eigenvalue weighted by Crippen LogP contribution is 2.11. The number of carboxylic acid groups (broad SMARTS) is 1. The number of allylic oxidation sites excluding steroid dienone is 4. The Morgan fingerprint density at radius 3 is 2.23 bits per heavy atom. The van der Waals surface area contributed by atoms with Gasteiger partial charge in [-0.2, -0.15) is 0 Å². The summed E-state index contributed by atoms with van der Waals surface area (Å²) in [6, 6.07) is 0. The minimum absolute atomic E-state index is 0.0563. The lowest BCUT2D eigenvalue weighted by Crippen LogP contribution is -2.38. The molecule has 0 unspecified atom stereocenters. The van der Waals surface area contributed by atoms with Crippen LogP contribution in [-0.2, 0) is 14.3 Å². The van der Waals surface area contributed by atoms with Crippen molar-refractivity contribution >= 4 is 12.1 Å². The molecular formula is C20H35NO5. The van der Waals surface area contributed by atoms with Crippen LogP contribution in [-0.4, -0.2) is 42.0 Å². The van der Waals surface area contributed by atoms with E-state index in [1.54, 1.807) is 20.8 Å². The molecule has 150 valence electrons. The molecule has 1 amide bonds. The zero-order valence-electron chi connectivity index (χ0n) is 17.2. The number of aliphatic carboxylic acids is 1. The van der Waals surface area contributed by atoms with Crippen molar-refractivity contribution in [2.24, 2.45) is 0 Å². The van der Waals surface area contributed by atoms with Crippen molar-refractivity contribution in [1.29, 1.82) is 0 Å². The van der Waals surface area contributed by atoms with Gasteiger partial charge >= 0.3 is 12.1 Å². The predicted octanol–water partition coefficient (Wildman–Crippen LogP) is 4.48. The van der Waals surface area contributed by atoms with Gasteiger partial charge in [-0.1, -0.05) is 44.2 Å². The molecule has 1 atom stereocenters. The van der Waals surface area contributed by atoms with E-state index >= 15 is 0 Å². The Bertz CT molecular complexity index is 487. The highest BCUT2D eigenvalue weighted by atomic mass is 16.6. The average molecular weight is 370 g/mol. The van der Waals surface area contributed by atoms with E-state index in [1.807, 2.05) is 58.1 Å². The van der Waals surface area contributed by atoms with Crippen molar-refractivity contribution in [2.75, 3.05) is 13.2 Å². The molecule has 0 saturated heterocycles. The van der Waals surface area contributed by atoms with Gasteiger partial charge in [0, 0.05) is 0 Å². The SMILES string of the molecule is CC.C\C=C/C=C(\C=C/C)[C@@H](CNC(=O)OC(C)(C)C)OCCC(=O)O. The molecule has 6 nitrogen and oxygen atoms in total. The molecule has 6 heteroatoms. The molecule has 0 aromatic carbocycles.